The minimum atomic E-state index is 1.05. The van der Waals surface area contributed by atoms with Crippen LogP contribution in [0, 0.1) is 0 Å². The van der Waals surface area contributed by atoms with Gasteiger partial charge in [-0.3, -0.25) is 0 Å². The minimum Gasteiger partial charge on any atom is -0.317 e. The molecule has 0 spiro atoms. The molecular weight excluding hydrogens is 254 g/mol. The number of unbranched alkanes of at least 4 members (excludes halogenated alkanes) is 5. The fourth-order valence-electron chi connectivity index (χ4n) is 2.09. The van der Waals surface area contributed by atoms with Gasteiger partial charge in [0.05, 0.1) is 0 Å². The highest BCUT2D eigenvalue weighted by molar-refractivity contribution is 7.11. The van der Waals surface area contributed by atoms with Crippen LogP contribution in [0.4, 0.5) is 0 Å². The summed E-state index contributed by atoms with van der Waals surface area (Å²) in [6.07, 6.45) is 11.5. The van der Waals surface area contributed by atoms with Gasteiger partial charge in [0, 0.05) is 12.8 Å². The first-order valence-electron chi connectivity index (χ1n) is 7.88. The third kappa shape index (κ3) is 8.32. The third-order valence-corrected chi connectivity index (χ3v) is 4.29. The standard InChI is InChI=1S/C15H29N3S/c1-3-5-6-7-8-9-11-14-17-18-15(19-14)12-10-13-16-4-2/h16H,3-13H2,1-2H3. The maximum Gasteiger partial charge on any atom is 0.117 e. The Morgan fingerprint density at radius 3 is 2.16 bits per heavy atom. The minimum absolute atomic E-state index is 1.05. The molecule has 1 aromatic heterocycles. The maximum atomic E-state index is 4.30. The lowest BCUT2D eigenvalue weighted by atomic mass is 10.1. The lowest BCUT2D eigenvalue weighted by Crippen LogP contribution is -2.14. The number of hydrogen-bond donors (Lipinski definition) is 1. The summed E-state index contributed by atoms with van der Waals surface area (Å²) in [7, 11) is 0. The van der Waals surface area contributed by atoms with E-state index >= 15 is 0 Å². The van der Waals surface area contributed by atoms with E-state index in [9.17, 15) is 0 Å². The predicted octanol–water partition coefficient (Wildman–Crippen LogP) is 3.98. The Morgan fingerprint density at radius 2 is 1.47 bits per heavy atom. The maximum absolute atomic E-state index is 4.30. The summed E-state index contributed by atoms with van der Waals surface area (Å²) in [4.78, 5) is 0. The topological polar surface area (TPSA) is 37.8 Å². The Morgan fingerprint density at radius 1 is 0.842 bits per heavy atom. The van der Waals surface area contributed by atoms with Gasteiger partial charge in [-0.25, -0.2) is 0 Å². The summed E-state index contributed by atoms with van der Waals surface area (Å²) in [6.45, 7) is 6.55. The van der Waals surface area contributed by atoms with Crippen LogP contribution in [0.3, 0.4) is 0 Å². The van der Waals surface area contributed by atoms with E-state index in [2.05, 4.69) is 29.4 Å². The molecule has 0 aliphatic rings. The van der Waals surface area contributed by atoms with Gasteiger partial charge in [0.25, 0.3) is 0 Å². The smallest absolute Gasteiger partial charge is 0.117 e. The molecule has 4 heteroatoms. The molecule has 0 aliphatic carbocycles. The molecule has 0 aliphatic heterocycles. The first kappa shape index (κ1) is 16.6. The van der Waals surface area contributed by atoms with Crippen molar-refractivity contribution in [3.8, 4) is 0 Å². The number of aromatic nitrogens is 2. The molecule has 0 bridgehead atoms. The van der Waals surface area contributed by atoms with Gasteiger partial charge in [0.1, 0.15) is 10.0 Å². The van der Waals surface area contributed by atoms with E-state index in [1.807, 2.05) is 11.3 Å². The molecule has 0 radical (unpaired) electrons. The second-order valence-electron chi connectivity index (χ2n) is 5.06. The van der Waals surface area contributed by atoms with Crippen molar-refractivity contribution < 1.29 is 0 Å². The van der Waals surface area contributed by atoms with Gasteiger partial charge < -0.3 is 5.32 Å². The normalized spacial score (nSPS) is 11.1. The van der Waals surface area contributed by atoms with Gasteiger partial charge in [0.2, 0.25) is 0 Å². The molecule has 0 saturated heterocycles. The average Bonchev–Trinajstić information content (AvgIpc) is 2.87. The molecule has 0 atom stereocenters. The second kappa shape index (κ2) is 11.4. The lowest BCUT2D eigenvalue weighted by molar-refractivity contribution is 0.606. The van der Waals surface area contributed by atoms with Crippen LogP contribution in [0.25, 0.3) is 0 Å². The van der Waals surface area contributed by atoms with E-state index in [4.69, 9.17) is 0 Å². The first-order valence-corrected chi connectivity index (χ1v) is 8.70. The van der Waals surface area contributed by atoms with E-state index in [1.165, 1.54) is 55.0 Å². The van der Waals surface area contributed by atoms with E-state index in [0.717, 1.165) is 25.9 Å². The van der Waals surface area contributed by atoms with Crippen molar-refractivity contribution in [1.82, 2.24) is 15.5 Å². The van der Waals surface area contributed by atoms with Gasteiger partial charge >= 0.3 is 0 Å². The summed E-state index contributed by atoms with van der Waals surface area (Å²) in [5, 5.41) is 14.4. The molecule has 0 unspecified atom stereocenters. The highest BCUT2D eigenvalue weighted by Gasteiger charge is 2.03. The Labute approximate surface area is 122 Å². The quantitative estimate of drug-likeness (QED) is 0.590. The zero-order valence-electron chi connectivity index (χ0n) is 12.6. The summed E-state index contributed by atoms with van der Waals surface area (Å²) < 4.78 is 0. The summed E-state index contributed by atoms with van der Waals surface area (Å²) in [5.41, 5.74) is 0. The SMILES string of the molecule is CCCCCCCCc1nnc(CCCNCC)s1. The number of rotatable bonds is 12. The van der Waals surface area contributed by atoms with E-state index < -0.39 is 0 Å². The van der Waals surface area contributed by atoms with Gasteiger partial charge in [-0.1, -0.05) is 46.0 Å². The Balaban J connectivity index is 2.06. The zero-order valence-corrected chi connectivity index (χ0v) is 13.4. The van der Waals surface area contributed by atoms with E-state index in [0.29, 0.717) is 0 Å². The first-order chi connectivity index (χ1) is 9.36. The molecule has 1 rings (SSSR count). The van der Waals surface area contributed by atoms with Crippen molar-refractivity contribution in [2.75, 3.05) is 13.1 Å². The van der Waals surface area contributed by atoms with Crippen LogP contribution in [0.15, 0.2) is 0 Å². The Hall–Kier alpha value is -0.480. The number of nitrogens with one attached hydrogen (secondary N) is 1. The number of nitrogens with zero attached hydrogens (tertiary/aromatic N) is 2. The van der Waals surface area contributed by atoms with Crippen molar-refractivity contribution in [2.45, 2.75) is 71.6 Å². The molecule has 1 N–H and O–H groups in total. The van der Waals surface area contributed by atoms with Crippen LogP contribution in [0.5, 0.6) is 0 Å². The average molecular weight is 283 g/mol. The molecule has 0 aromatic carbocycles. The van der Waals surface area contributed by atoms with Crippen LogP contribution in [0.1, 0.15) is 68.8 Å². The highest BCUT2D eigenvalue weighted by Crippen LogP contribution is 2.15. The molecule has 3 nitrogen and oxygen atoms in total. The van der Waals surface area contributed by atoms with Gasteiger partial charge in [-0.2, -0.15) is 0 Å². The van der Waals surface area contributed by atoms with Crippen molar-refractivity contribution in [3.05, 3.63) is 10.0 Å². The summed E-state index contributed by atoms with van der Waals surface area (Å²) in [5.74, 6) is 0. The molecule has 0 saturated carbocycles. The van der Waals surface area contributed by atoms with Crippen molar-refractivity contribution >= 4 is 11.3 Å². The van der Waals surface area contributed by atoms with Crippen LogP contribution in [-0.4, -0.2) is 23.3 Å². The van der Waals surface area contributed by atoms with Crippen LogP contribution < -0.4 is 5.32 Å². The van der Waals surface area contributed by atoms with E-state index in [1.54, 1.807) is 0 Å². The highest BCUT2D eigenvalue weighted by atomic mass is 32.1. The monoisotopic (exact) mass is 283 g/mol. The molecule has 1 heterocycles. The molecule has 0 fully saturated rings. The summed E-state index contributed by atoms with van der Waals surface area (Å²) >= 11 is 1.81. The largest absolute Gasteiger partial charge is 0.317 e. The predicted molar refractivity (Wildman–Crippen MR) is 83.9 cm³/mol. The van der Waals surface area contributed by atoms with Gasteiger partial charge in [-0.15, -0.1) is 21.5 Å². The fraction of sp³-hybridized carbons (Fsp3) is 0.867. The lowest BCUT2D eigenvalue weighted by Gasteiger charge is -1.98. The molecular formula is C15H29N3S. The van der Waals surface area contributed by atoms with Gasteiger partial charge in [-0.05, 0) is 25.9 Å². The molecule has 110 valence electrons. The van der Waals surface area contributed by atoms with Crippen LogP contribution in [-0.2, 0) is 12.8 Å². The number of hydrogen-bond acceptors (Lipinski definition) is 4. The van der Waals surface area contributed by atoms with Crippen molar-refractivity contribution in [3.63, 3.8) is 0 Å². The van der Waals surface area contributed by atoms with Crippen LogP contribution in [0.2, 0.25) is 0 Å². The van der Waals surface area contributed by atoms with Crippen molar-refractivity contribution in [1.29, 1.82) is 0 Å². The second-order valence-corrected chi connectivity index (χ2v) is 6.21. The van der Waals surface area contributed by atoms with Gasteiger partial charge in [0.15, 0.2) is 0 Å². The molecule has 1 aromatic rings. The Bertz CT molecular complexity index is 312. The summed E-state index contributed by atoms with van der Waals surface area (Å²) in [6, 6.07) is 0. The fourth-order valence-corrected chi connectivity index (χ4v) is 3.02. The molecule has 0 amide bonds. The van der Waals surface area contributed by atoms with Crippen molar-refractivity contribution in [2.24, 2.45) is 0 Å². The van der Waals surface area contributed by atoms with Crippen LogP contribution >= 0.6 is 11.3 Å². The van der Waals surface area contributed by atoms with E-state index in [-0.39, 0.29) is 0 Å². The number of aryl methyl sites for hydroxylation is 2. The Kier molecular flexibility index (Phi) is 9.91. The zero-order chi connectivity index (χ0) is 13.8. The molecule has 19 heavy (non-hydrogen) atoms. The third-order valence-electron chi connectivity index (χ3n) is 3.25.